The van der Waals surface area contributed by atoms with Crippen LogP contribution >= 0.6 is 8.03 Å². The van der Waals surface area contributed by atoms with Gasteiger partial charge in [-0.15, -0.1) is 0 Å². The zero-order chi connectivity index (χ0) is 10.5. The van der Waals surface area contributed by atoms with Crippen molar-refractivity contribution in [1.29, 1.82) is 0 Å². The second-order valence-corrected chi connectivity index (χ2v) is 4.52. The van der Waals surface area contributed by atoms with E-state index in [1.54, 1.807) is 0 Å². The van der Waals surface area contributed by atoms with E-state index in [1.807, 2.05) is 13.8 Å². The zero-order valence-corrected chi connectivity index (χ0v) is 8.97. The van der Waals surface area contributed by atoms with Gasteiger partial charge in [0.05, 0.1) is 0 Å². The van der Waals surface area contributed by atoms with E-state index in [9.17, 15) is 14.3 Å². The Bertz CT molecular complexity index is 184. The van der Waals surface area contributed by atoms with Crippen molar-refractivity contribution in [2.45, 2.75) is 44.7 Å². The molecule has 0 fully saturated rings. The first kappa shape index (κ1) is 12.5. The molecule has 1 unspecified atom stereocenters. The Labute approximate surface area is 79.4 Å². The summed E-state index contributed by atoms with van der Waals surface area (Å²) in [5.74, 6) is -0.715. The highest BCUT2D eigenvalue weighted by molar-refractivity contribution is 7.40. The maximum atomic E-state index is 11.1. The summed E-state index contributed by atoms with van der Waals surface area (Å²) >= 11 is 0. The number of carbonyl (C=O) groups is 1. The highest BCUT2D eigenvalue weighted by atomic mass is 31.1. The molecule has 0 spiro atoms. The molecule has 0 saturated carbocycles. The molecular formula is C8H16NO3P. The minimum Gasteiger partial charge on any atom is -0.595 e. The summed E-state index contributed by atoms with van der Waals surface area (Å²) in [7, 11) is -2.77. The topological polar surface area (TPSA) is 83.2 Å². The molecule has 0 saturated heterocycles. The van der Waals surface area contributed by atoms with Crippen LogP contribution in [-0.2, 0) is 9.36 Å². The SMILES string of the molecule is CCCC(CCC)(C(N)=O)[P+](=O)[O-]. The number of amides is 1. The number of nitrogens with two attached hydrogens (primary N) is 1. The van der Waals surface area contributed by atoms with E-state index in [0.717, 1.165) is 0 Å². The summed E-state index contributed by atoms with van der Waals surface area (Å²) in [4.78, 5) is 22.1. The Kier molecular flexibility index (Phi) is 5.11. The van der Waals surface area contributed by atoms with Crippen molar-refractivity contribution in [3.63, 3.8) is 0 Å². The fraction of sp³-hybridized carbons (Fsp3) is 0.875. The minimum atomic E-state index is -2.77. The Morgan fingerprint density at radius 2 is 1.77 bits per heavy atom. The lowest BCUT2D eigenvalue weighted by Gasteiger charge is -2.20. The van der Waals surface area contributed by atoms with Crippen LogP contribution in [0.4, 0.5) is 0 Å². The van der Waals surface area contributed by atoms with Crippen LogP contribution in [0.5, 0.6) is 0 Å². The molecule has 13 heavy (non-hydrogen) atoms. The lowest BCUT2D eigenvalue weighted by molar-refractivity contribution is -0.171. The van der Waals surface area contributed by atoms with Gasteiger partial charge in [0.25, 0.3) is 5.91 Å². The van der Waals surface area contributed by atoms with Gasteiger partial charge < -0.3 is 10.6 Å². The minimum absolute atomic E-state index is 0.328. The molecular weight excluding hydrogens is 189 g/mol. The average Bonchev–Trinajstić information content (AvgIpc) is 2.03. The fourth-order valence-electron chi connectivity index (χ4n) is 1.47. The number of hydrogen-bond donors (Lipinski definition) is 1. The van der Waals surface area contributed by atoms with Crippen LogP contribution in [0.15, 0.2) is 0 Å². The van der Waals surface area contributed by atoms with E-state index in [2.05, 4.69) is 0 Å². The quantitative estimate of drug-likeness (QED) is 0.654. The largest absolute Gasteiger partial charge is 0.595 e. The van der Waals surface area contributed by atoms with Crippen molar-refractivity contribution in [1.82, 2.24) is 0 Å². The van der Waals surface area contributed by atoms with Gasteiger partial charge in [-0.3, -0.25) is 4.79 Å². The maximum Gasteiger partial charge on any atom is 0.325 e. The van der Waals surface area contributed by atoms with Gasteiger partial charge in [-0.05, 0) is 0 Å². The Morgan fingerprint density at radius 3 is 1.92 bits per heavy atom. The molecule has 0 aliphatic heterocycles. The molecule has 0 aromatic carbocycles. The smallest absolute Gasteiger partial charge is 0.325 e. The number of carbonyl (C=O) groups excluding carboxylic acids is 1. The first-order valence-corrected chi connectivity index (χ1v) is 5.63. The van der Waals surface area contributed by atoms with Gasteiger partial charge in [0.15, 0.2) is 0 Å². The van der Waals surface area contributed by atoms with Crippen LogP contribution in [0, 0.1) is 0 Å². The van der Waals surface area contributed by atoms with E-state index in [-0.39, 0.29) is 0 Å². The molecule has 0 aliphatic rings. The summed E-state index contributed by atoms with van der Waals surface area (Å²) in [6.45, 7) is 3.68. The van der Waals surface area contributed by atoms with Gasteiger partial charge in [0.2, 0.25) is 5.16 Å². The van der Waals surface area contributed by atoms with Gasteiger partial charge in [-0.2, -0.15) is 0 Å². The van der Waals surface area contributed by atoms with Crippen LogP contribution in [0.2, 0.25) is 0 Å². The molecule has 0 bridgehead atoms. The van der Waals surface area contributed by atoms with Crippen molar-refractivity contribution in [2.24, 2.45) is 5.73 Å². The maximum absolute atomic E-state index is 11.1. The van der Waals surface area contributed by atoms with Crippen LogP contribution in [0.1, 0.15) is 39.5 Å². The monoisotopic (exact) mass is 205 g/mol. The molecule has 0 heterocycles. The van der Waals surface area contributed by atoms with Crippen molar-refractivity contribution < 1.29 is 14.3 Å². The number of rotatable bonds is 6. The summed E-state index contributed by atoms with van der Waals surface area (Å²) in [6.07, 6.45) is 1.95. The molecule has 0 aromatic rings. The Balaban J connectivity index is 4.80. The normalized spacial score (nSPS) is 12.7. The van der Waals surface area contributed by atoms with E-state index in [4.69, 9.17) is 5.73 Å². The molecule has 0 aromatic heterocycles. The second kappa shape index (κ2) is 5.30. The van der Waals surface area contributed by atoms with Gasteiger partial charge in [-0.25, -0.2) is 0 Å². The van der Waals surface area contributed by atoms with Gasteiger partial charge in [-0.1, -0.05) is 31.3 Å². The van der Waals surface area contributed by atoms with Gasteiger partial charge in [0, 0.05) is 12.8 Å². The van der Waals surface area contributed by atoms with Crippen LogP contribution in [0.3, 0.4) is 0 Å². The lowest BCUT2D eigenvalue weighted by Crippen LogP contribution is -2.42. The Morgan fingerprint density at radius 1 is 1.38 bits per heavy atom. The summed E-state index contributed by atoms with van der Waals surface area (Å²) < 4.78 is 11.0. The third kappa shape index (κ3) is 2.75. The molecule has 76 valence electrons. The predicted octanol–water partition coefficient (Wildman–Crippen LogP) is 0.913. The molecule has 0 aliphatic carbocycles. The molecule has 1 atom stereocenters. The predicted molar refractivity (Wildman–Crippen MR) is 49.3 cm³/mol. The van der Waals surface area contributed by atoms with Gasteiger partial charge in [0.1, 0.15) is 0 Å². The third-order valence-electron chi connectivity index (χ3n) is 2.14. The van der Waals surface area contributed by atoms with Crippen molar-refractivity contribution in [3.8, 4) is 0 Å². The summed E-state index contributed by atoms with van der Waals surface area (Å²) in [6, 6.07) is 0. The molecule has 0 radical (unpaired) electrons. The van der Waals surface area contributed by atoms with E-state index < -0.39 is 19.1 Å². The first-order valence-electron chi connectivity index (χ1n) is 4.45. The van der Waals surface area contributed by atoms with E-state index in [0.29, 0.717) is 25.7 Å². The van der Waals surface area contributed by atoms with E-state index >= 15 is 0 Å². The zero-order valence-electron chi connectivity index (χ0n) is 8.08. The highest BCUT2D eigenvalue weighted by Gasteiger charge is 2.47. The Hall–Kier alpha value is -0.470. The molecule has 5 heteroatoms. The average molecular weight is 205 g/mol. The first-order chi connectivity index (χ1) is 6.01. The second-order valence-electron chi connectivity index (χ2n) is 3.15. The van der Waals surface area contributed by atoms with Crippen molar-refractivity contribution in [3.05, 3.63) is 0 Å². The molecule has 0 rings (SSSR count). The summed E-state index contributed by atoms with van der Waals surface area (Å²) in [5.41, 5.74) is 5.12. The van der Waals surface area contributed by atoms with E-state index in [1.165, 1.54) is 0 Å². The van der Waals surface area contributed by atoms with Crippen LogP contribution < -0.4 is 10.6 Å². The molecule has 1 amide bonds. The summed E-state index contributed by atoms with van der Waals surface area (Å²) in [5, 5.41) is -1.31. The van der Waals surface area contributed by atoms with Crippen LogP contribution in [-0.4, -0.2) is 11.1 Å². The van der Waals surface area contributed by atoms with Crippen molar-refractivity contribution >= 4 is 13.9 Å². The number of hydrogen-bond acceptors (Lipinski definition) is 3. The lowest BCUT2D eigenvalue weighted by atomic mass is 9.96. The fourth-order valence-corrected chi connectivity index (χ4v) is 2.46. The van der Waals surface area contributed by atoms with Crippen molar-refractivity contribution in [2.75, 3.05) is 0 Å². The highest BCUT2D eigenvalue weighted by Crippen LogP contribution is 2.40. The van der Waals surface area contributed by atoms with Crippen LogP contribution in [0.25, 0.3) is 0 Å². The number of primary amides is 1. The third-order valence-corrected chi connectivity index (χ3v) is 3.50. The standard InChI is InChI=1S/C8H16NO3P/c1-3-5-8(6-4-2,7(9)10)13(11)12/h3-6H2,1-2H3,(H2,9,10). The van der Waals surface area contributed by atoms with Gasteiger partial charge >= 0.3 is 8.03 Å². The molecule has 2 N–H and O–H groups in total. The molecule has 4 nitrogen and oxygen atoms in total.